The van der Waals surface area contributed by atoms with Gasteiger partial charge in [0.15, 0.2) is 5.69 Å². The summed E-state index contributed by atoms with van der Waals surface area (Å²) in [5.74, 6) is 0.415. The monoisotopic (exact) mass is 445 g/mol. The largest absolute Gasteiger partial charge is 0.370 e. The molecule has 0 aliphatic carbocycles. The quantitative estimate of drug-likeness (QED) is 0.551. The van der Waals surface area contributed by atoms with Crippen molar-refractivity contribution in [1.82, 2.24) is 40.0 Å². The van der Waals surface area contributed by atoms with Crippen molar-refractivity contribution in [2.24, 2.45) is 0 Å². The lowest BCUT2D eigenvalue weighted by molar-refractivity contribution is -0.139. The molecule has 0 saturated carbocycles. The Hall–Kier alpha value is -3.75. The van der Waals surface area contributed by atoms with Gasteiger partial charge in [0.1, 0.15) is 6.33 Å². The molecule has 33 heavy (non-hydrogen) atoms. The summed E-state index contributed by atoms with van der Waals surface area (Å²) in [5, 5.41) is 10.9. The number of ether oxygens (including phenoxy) is 1. The zero-order valence-electron chi connectivity index (χ0n) is 18.2. The molecule has 0 N–H and O–H groups in total. The number of nitrogens with zero attached hydrogens (tertiary/aromatic N) is 9. The molecule has 0 radical (unpaired) electrons. The molecule has 0 bridgehead atoms. The van der Waals surface area contributed by atoms with Gasteiger partial charge in [0.05, 0.1) is 31.7 Å². The second-order valence-electron chi connectivity index (χ2n) is 8.29. The third-order valence-corrected chi connectivity index (χ3v) is 6.16. The number of aromatic nitrogens is 6. The molecule has 2 saturated heterocycles. The second-order valence-corrected chi connectivity index (χ2v) is 8.29. The molecule has 2 aliphatic heterocycles. The van der Waals surface area contributed by atoms with E-state index in [1.807, 2.05) is 30.0 Å². The second kappa shape index (κ2) is 9.01. The maximum absolute atomic E-state index is 12.9. The van der Waals surface area contributed by atoms with E-state index in [-0.39, 0.29) is 24.5 Å². The standard InChI is InChI=1S/C22H23N9O2/c1-15-7-17(3-4-19(15)23-2)20-12-29-5-6-30(11-18(29)13-33-20)21(32)8-16-9-24-22(25-10-16)31-14-26-27-28-31/h3-4,7,9-10,14,18,20H,5-6,8,11-13H2,1H3/t18-,20-/m0/s1. The highest BCUT2D eigenvalue weighted by Crippen LogP contribution is 2.30. The van der Waals surface area contributed by atoms with Crippen LogP contribution in [0.1, 0.15) is 22.8 Å². The third-order valence-electron chi connectivity index (χ3n) is 6.16. The molecular formula is C22H23N9O2. The molecule has 11 nitrogen and oxygen atoms in total. The number of benzene rings is 1. The number of rotatable bonds is 4. The summed E-state index contributed by atoms with van der Waals surface area (Å²) >= 11 is 0. The number of hydrogen-bond donors (Lipinski definition) is 0. The number of hydrogen-bond acceptors (Lipinski definition) is 8. The molecule has 4 heterocycles. The van der Waals surface area contributed by atoms with Crippen molar-refractivity contribution in [2.45, 2.75) is 25.5 Å². The van der Waals surface area contributed by atoms with Crippen molar-refractivity contribution in [3.8, 4) is 5.95 Å². The fraction of sp³-hybridized carbons (Fsp3) is 0.409. The summed E-state index contributed by atoms with van der Waals surface area (Å²) < 4.78 is 7.52. The van der Waals surface area contributed by atoms with Crippen LogP contribution in [0.25, 0.3) is 10.8 Å². The van der Waals surface area contributed by atoms with Gasteiger partial charge in [-0.2, -0.15) is 4.68 Å². The molecule has 2 aromatic heterocycles. The number of fused-ring (bicyclic) bond motifs is 1. The number of piperazine rings is 1. The van der Waals surface area contributed by atoms with E-state index in [0.717, 1.165) is 29.8 Å². The van der Waals surface area contributed by atoms with Crippen LogP contribution in [0.4, 0.5) is 5.69 Å². The van der Waals surface area contributed by atoms with E-state index in [1.54, 1.807) is 12.4 Å². The van der Waals surface area contributed by atoms with Gasteiger partial charge in [-0.3, -0.25) is 9.69 Å². The maximum Gasteiger partial charge on any atom is 0.253 e. The molecule has 3 aromatic rings. The number of aryl methyl sites for hydroxylation is 1. The van der Waals surface area contributed by atoms with Gasteiger partial charge in [0, 0.05) is 38.6 Å². The van der Waals surface area contributed by atoms with Crippen LogP contribution < -0.4 is 0 Å². The van der Waals surface area contributed by atoms with Crippen LogP contribution in [0.3, 0.4) is 0 Å². The van der Waals surface area contributed by atoms with Gasteiger partial charge < -0.3 is 9.64 Å². The van der Waals surface area contributed by atoms with E-state index in [0.29, 0.717) is 31.3 Å². The molecule has 168 valence electrons. The van der Waals surface area contributed by atoms with Crippen LogP contribution in [0.2, 0.25) is 0 Å². The summed E-state index contributed by atoms with van der Waals surface area (Å²) in [6.07, 6.45) is 4.92. The fourth-order valence-corrected chi connectivity index (χ4v) is 4.31. The third kappa shape index (κ3) is 4.44. The minimum absolute atomic E-state index is 0.0159. The van der Waals surface area contributed by atoms with Crippen molar-refractivity contribution >= 4 is 11.6 Å². The number of morpholine rings is 1. The van der Waals surface area contributed by atoms with E-state index in [9.17, 15) is 4.79 Å². The minimum atomic E-state index is -0.0159. The topological polar surface area (TPSA) is 107 Å². The first-order chi connectivity index (χ1) is 16.1. The first-order valence-corrected chi connectivity index (χ1v) is 10.8. The first kappa shape index (κ1) is 21.1. The first-order valence-electron chi connectivity index (χ1n) is 10.8. The van der Waals surface area contributed by atoms with Crippen molar-refractivity contribution in [3.05, 3.63) is 65.0 Å². The van der Waals surface area contributed by atoms with Gasteiger partial charge in [-0.05, 0) is 34.0 Å². The minimum Gasteiger partial charge on any atom is -0.370 e. The van der Waals surface area contributed by atoms with Gasteiger partial charge in [0.2, 0.25) is 5.91 Å². The fourth-order valence-electron chi connectivity index (χ4n) is 4.31. The Morgan fingerprint density at radius 2 is 2.09 bits per heavy atom. The van der Waals surface area contributed by atoms with E-state index >= 15 is 0 Å². The molecule has 2 atom stereocenters. The van der Waals surface area contributed by atoms with Crippen molar-refractivity contribution in [3.63, 3.8) is 0 Å². The summed E-state index contributed by atoms with van der Waals surface area (Å²) in [5.41, 5.74) is 3.49. The van der Waals surface area contributed by atoms with Gasteiger partial charge >= 0.3 is 0 Å². The van der Waals surface area contributed by atoms with Crippen molar-refractivity contribution < 1.29 is 9.53 Å². The molecule has 11 heteroatoms. The number of carbonyl (C=O) groups excluding carboxylic acids is 1. The van der Waals surface area contributed by atoms with Gasteiger partial charge in [0.25, 0.3) is 5.95 Å². The average molecular weight is 445 g/mol. The molecule has 5 rings (SSSR count). The number of carbonyl (C=O) groups is 1. The number of tetrazole rings is 1. The number of amides is 1. The van der Waals surface area contributed by atoms with Crippen molar-refractivity contribution in [2.75, 3.05) is 32.8 Å². The van der Waals surface area contributed by atoms with Gasteiger partial charge in [-0.1, -0.05) is 18.2 Å². The Labute approximate surface area is 190 Å². The van der Waals surface area contributed by atoms with Crippen LogP contribution >= 0.6 is 0 Å². The predicted octanol–water partition coefficient (Wildman–Crippen LogP) is 1.14. The van der Waals surface area contributed by atoms with Gasteiger partial charge in [-0.15, -0.1) is 5.10 Å². The molecule has 1 amide bonds. The maximum atomic E-state index is 12.9. The molecule has 0 unspecified atom stereocenters. The molecule has 1 aromatic carbocycles. The van der Waals surface area contributed by atoms with Crippen LogP contribution in [0.5, 0.6) is 0 Å². The van der Waals surface area contributed by atoms with E-state index in [1.165, 1.54) is 11.0 Å². The lowest BCUT2D eigenvalue weighted by Crippen LogP contribution is -2.59. The Kier molecular flexibility index (Phi) is 5.77. The average Bonchev–Trinajstić information content (AvgIpc) is 3.39. The lowest BCUT2D eigenvalue weighted by Gasteiger charge is -2.46. The molecule has 2 fully saturated rings. The van der Waals surface area contributed by atoms with E-state index < -0.39 is 0 Å². The highest BCUT2D eigenvalue weighted by Gasteiger charge is 2.35. The Morgan fingerprint density at radius 3 is 2.82 bits per heavy atom. The zero-order chi connectivity index (χ0) is 22.8. The van der Waals surface area contributed by atoms with E-state index in [4.69, 9.17) is 11.3 Å². The smallest absolute Gasteiger partial charge is 0.253 e. The van der Waals surface area contributed by atoms with Gasteiger partial charge in [-0.25, -0.2) is 14.8 Å². The summed E-state index contributed by atoms with van der Waals surface area (Å²) in [4.78, 5) is 29.2. The zero-order valence-corrected chi connectivity index (χ0v) is 18.2. The SMILES string of the molecule is [C-]#[N+]c1ccc([C@@H]2CN3CCN(C(=O)Cc4cnc(-n5cnnn5)nc4)C[C@H]3CO2)cc1C. The summed E-state index contributed by atoms with van der Waals surface area (Å²) in [6.45, 7) is 12.7. The van der Waals surface area contributed by atoms with E-state index in [2.05, 4.69) is 35.2 Å². The van der Waals surface area contributed by atoms with Crippen LogP contribution in [-0.4, -0.2) is 84.7 Å². The Balaban J connectivity index is 1.17. The Morgan fingerprint density at radius 1 is 1.24 bits per heavy atom. The normalized spacial score (nSPS) is 20.8. The summed E-state index contributed by atoms with van der Waals surface area (Å²) in [6, 6.07) is 6.08. The lowest BCUT2D eigenvalue weighted by atomic mass is 10.0. The molecule has 2 aliphatic rings. The van der Waals surface area contributed by atoms with Crippen molar-refractivity contribution in [1.29, 1.82) is 0 Å². The highest BCUT2D eigenvalue weighted by atomic mass is 16.5. The highest BCUT2D eigenvalue weighted by molar-refractivity contribution is 5.78. The Bertz CT molecular complexity index is 1170. The molecular weight excluding hydrogens is 422 g/mol. The van der Waals surface area contributed by atoms with Crippen LogP contribution in [0.15, 0.2) is 36.9 Å². The molecule has 0 spiro atoms. The van der Waals surface area contributed by atoms with Crippen LogP contribution in [-0.2, 0) is 16.0 Å². The predicted molar refractivity (Wildman–Crippen MR) is 117 cm³/mol. The van der Waals surface area contributed by atoms with Crippen LogP contribution in [0, 0.1) is 13.5 Å². The summed E-state index contributed by atoms with van der Waals surface area (Å²) in [7, 11) is 0.